The lowest BCUT2D eigenvalue weighted by atomic mass is 9.92. The average Bonchev–Trinajstić information content (AvgIpc) is 3.15. The van der Waals surface area contributed by atoms with Crippen molar-refractivity contribution in [2.75, 3.05) is 32.8 Å². The molecule has 2 aliphatic rings. The highest BCUT2D eigenvalue weighted by atomic mass is 16.5. The van der Waals surface area contributed by atoms with Gasteiger partial charge in [0.05, 0.1) is 6.61 Å². The zero-order chi connectivity index (χ0) is 17.5. The molecule has 0 spiro atoms. The largest absolute Gasteiger partial charge is 0.381 e. The Morgan fingerprint density at radius 1 is 1.24 bits per heavy atom. The number of carbonyl (C=O) groups is 1. The number of hydrogen-bond donors (Lipinski definition) is 1. The number of ether oxygens (including phenoxy) is 1. The Hall–Kier alpha value is -1.39. The normalized spacial score (nSPS) is 23.5. The lowest BCUT2D eigenvalue weighted by Gasteiger charge is -2.33. The van der Waals surface area contributed by atoms with E-state index in [1.807, 2.05) is 6.07 Å². The van der Waals surface area contributed by atoms with Gasteiger partial charge in [0.1, 0.15) is 0 Å². The van der Waals surface area contributed by atoms with Crippen LogP contribution in [0.4, 0.5) is 0 Å². The van der Waals surface area contributed by atoms with Crippen LogP contribution >= 0.6 is 0 Å². The molecule has 0 aromatic heterocycles. The first kappa shape index (κ1) is 18.4. The topological polar surface area (TPSA) is 41.6 Å². The van der Waals surface area contributed by atoms with E-state index in [-0.39, 0.29) is 5.91 Å². The van der Waals surface area contributed by atoms with E-state index in [1.165, 1.54) is 12.0 Å². The minimum atomic E-state index is 0.207. The van der Waals surface area contributed by atoms with Crippen molar-refractivity contribution >= 4 is 5.91 Å². The van der Waals surface area contributed by atoms with Gasteiger partial charge in [-0.25, -0.2) is 0 Å². The second-order valence-electron chi connectivity index (χ2n) is 7.59. The van der Waals surface area contributed by atoms with Gasteiger partial charge in [0.15, 0.2) is 0 Å². The first-order valence-electron chi connectivity index (χ1n) is 9.89. The van der Waals surface area contributed by atoms with Gasteiger partial charge in [-0.15, -0.1) is 0 Å². The Kier molecular flexibility index (Phi) is 6.88. The number of hydrogen-bond acceptors (Lipinski definition) is 3. The van der Waals surface area contributed by atoms with Crippen molar-refractivity contribution in [3.63, 3.8) is 0 Å². The zero-order valence-corrected chi connectivity index (χ0v) is 15.5. The van der Waals surface area contributed by atoms with E-state index < -0.39 is 0 Å². The maximum Gasteiger partial charge on any atom is 0.220 e. The van der Waals surface area contributed by atoms with Crippen LogP contribution in [-0.2, 0) is 9.53 Å². The van der Waals surface area contributed by atoms with E-state index in [0.717, 1.165) is 52.1 Å². The monoisotopic (exact) mass is 344 g/mol. The minimum Gasteiger partial charge on any atom is -0.381 e. The van der Waals surface area contributed by atoms with Crippen molar-refractivity contribution in [3.8, 4) is 0 Å². The van der Waals surface area contributed by atoms with Crippen LogP contribution in [0, 0.1) is 5.92 Å². The van der Waals surface area contributed by atoms with Crippen LogP contribution in [-0.4, -0.2) is 49.7 Å². The summed E-state index contributed by atoms with van der Waals surface area (Å²) in [4.78, 5) is 15.0. The molecule has 0 aliphatic carbocycles. The maximum absolute atomic E-state index is 12.5. The Morgan fingerprint density at radius 3 is 2.64 bits per heavy atom. The van der Waals surface area contributed by atoms with Crippen LogP contribution < -0.4 is 5.32 Å². The molecule has 1 aromatic carbocycles. The Morgan fingerprint density at radius 2 is 2.00 bits per heavy atom. The summed E-state index contributed by atoms with van der Waals surface area (Å²) in [6.45, 7) is 7.36. The molecule has 0 radical (unpaired) electrons. The van der Waals surface area contributed by atoms with Crippen molar-refractivity contribution < 1.29 is 9.53 Å². The molecule has 2 fully saturated rings. The van der Waals surface area contributed by atoms with Gasteiger partial charge in [-0.2, -0.15) is 0 Å². The molecule has 138 valence electrons. The number of rotatable bonds is 7. The number of nitrogens with one attached hydrogen (secondary N) is 1. The van der Waals surface area contributed by atoms with Crippen molar-refractivity contribution in [3.05, 3.63) is 35.9 Å². The van der Waals surface area contributed by atoms with Gasteiger partial charge in [0.2, 0.25) is 5.91 Å². The number of amides is 1. The van der Waals surface area contributed by atoms with Gasteiger partial charge in [0, 0.05) is 38.7 Å². The molecule has 2 heterocycles. The summed E-state index contributed by atoms with van der Waals surface area (Å²) in [6, 6.07) is 10.8. The first-order valence-corrected chi connectivity index (χ1v) is 9.89. The van der Waals surface area contributed by atoms with Gasteiger partial charge < -0.3 is 15.0 Å². The zero-order valence-electron chi connectivity index (χ0n) is 15.5. The smallest absolute Gasteiger partial charge is 0.220 e. The van der Waals surface area contributed by atoms with Crippen molar-refractivity contribution in [1.82, 2.24) is 10.2 Å². The van der Waals surface area contributed by atoms with Gasteiger partial charge in [-0.05, 0) is 43.1 Å². The molecule has 0 saturated carbocycles. The molecule has 1 N–H and O–H groups in total. The van der Waals surface area contributed by atoms with Crippen LogP contribution in [0.2, 0.25) is 0 Å². The first-order chi connectivity index (χ1) is 12.2. The molecule has 2 saturated heterocycles. The highest BCUT2D eigenvalue weighted by molar-refractivity contribution is 5.77. The van der Waals surface area contributed by atoms with Crippen LogP contribution in [0.15, 0.2) is 30.3 Å². The third-order valence-electron chi connectivity index (χ3n) is 5.69. The highest BCUT2D eigenvalue weighted by Gasteiger charge is 2.25. The fourth-order valence-corrected chi connectivity index (χ4v) is 4.09. The lowest BCUT2D eigenvalue weighted by Crippen LogP contribution is -2.46. The Labute approximate surface area is 151 Å². The summed E-state index contributed by atoms with van der Waals surface area (Å²) in [7, 11) is 0. The highest BCUT2D eigenvalue weighted by Crippen LogP contribution is 2.23. The molecule has 1 amide bonds. The molecule has 2 unspecified atom stereocenters. The summed E-state index contributed by atoms with van der Waals surface area (Å²) < 4.78 is 5.47. The Bertz CT molecular complexity index is 520. The van der Waals surface area contributed by atoms with Crippen LogP contribution in [0.1, 0.15) is 50.5 Å². The van der Waals surface area contributed by atoms with Gasteiger partial charge >= 0.3 is 0 Å². The molecule has 3 rings (SSSR count). The van der Waals surface area contributed by atoms with Gasteiger partial charge in [-0.3, -0.25) is 4.79 Å². The SMILES string of the molecule is CCC(CC(=O)NC1CCN(CC2CCOC2)CC1)c1ccccc1. The molecule has 2 aliphatic heterocycles. The van der Waals surface area contributed by atoms with Crippen molar-refractivity contribution in [1.29, 1.82) is 0 Å². The molecule has 4 heteroatoms. The Balaban J connectivity index is 1.39. The molecule has 2 atom stereocenters. The van der Waals surface area contributed by atoms with E-state index in [9.17, 15) is 4.79 Å². The number of benzene rings is 1. The number of likely N-dealkylation sites (tertiary alicyclic amines) is 1. The van der Waals surface area contributed by atoms with Crippen molar-refractivity contribution in [2.24, 2.45) is 5.92 Å². The second kappa shape index (κ2) is 9.35. The molecule has 1 aromatic rings. The van der Waals surface area contributed by atoms with Gasteiger partial charge in [-0.1, -0.05) is 37.3 Å². The summed E-state index contributed by atoms with van der Waals surface area (Å²) in [5, 5.41) is 3.28. The maximum atomic E-state index is 12.5. The fourth-order valence-electron chi connectivity index (χ4n) is 4.09. The summed E-state index contributed by atoms with van der Waals surface area (Å²) >= 11 is 0. The fraction of sp³-hybridized carbons (Fsp3) is 0.667. The molecule has 4 nitrogen and oxygen atoms in total. The summed E-state index contributed by atoms with van der Waals surface area (Å²) in [5.74, 6) is 1.24. The van der Waals surface area contributed by atoms with E-state index in [2.05, 4.69) is 41.4 Å². The third-order valence-corrected chi connectivity index (χ3v) is 5.69. The third kappa shape index (κ3) is 5.55. The average molecular weight is 344 g/mol. The predicted molar refractivity (Wildman–Crippen MR) is 101 cm³/mol. The standard InChI is InChI=1S/C21H32N2O2/c1-2-18(19-6-4-3-5-7-19)14-21(24)22-20-8-11-23(12-9-20)15-17-10-13-25-16-17/h3-7,17-18,20H,2,8-16H2,1H3,(H,22,24). The lowest BCUT2D eigenvalue weighted by molar-refractivity contribution is -0.122. The van der Waals surface area contributed by atoms with Crippen LogP contribution in [0.5, 0.6) is 0 Å². The molecule has 25 heavy (non-hydrogen) atoms. The molecular weight excluding hydrogens is 312 g/mol. The van der Waals surface area contributed by atoms with Gasteiger partial charge in [0.25, 0.3) is 0 Å². The minimum absolute atomic E-state index is 0.207. The van der Waals surface area contributed by atoms with E-state index in [1.54, 1.807) is 0 Å². The van der Waals surface area contributed by atoms with Crippen molar-refractivity contribution in [2.45, 2.75) is 51.0 Å². The van der Waals surface area contributed by atoms with E-state index in [0.29, 0.717) is 24.3 Å². The van der Waals surface area contributed by atoms with Crippen LogP contribution in [0.25, 0.3) is 0 Å². The summed E-state index contributed by atoms with van der Waals surface area (Å²) in [6.07, 6.45) is 4.94. The number of carbonyl (C=O) groups excluding carboxylic acids is 1. The molecular formula is C21H32N2O2. The quantitative estimate of drug-likeness (QED) is 0.826. The number of nitrogens with zero attached hydrogens (tertiary/aromatic N) is 1. The molecule has 0 bridgehead atoms. The van der Waals surface area contributed by atoms with Crippen LogP contribution in [0.3, 0.4) is 0 Å². The van der Waals surface area contributed by atoms with E-state index >= 15 is 0 Å². The van der Waals surface area contributed by atoms with E-state index in [4.69, 9.17) is 4.74 Å². The second-order valence-corrected chi connectivity index (χ2v) is 7.59. The summed E-state index contributed by atoms with van der Waals surface area (Å²) in [5.41, 5.74) is 1.27. The predicted octanol–water partition coefficient (Wildman–Crippen LogP) is 3.19. The number of piperidine rings is 1.